The molecule has 1 atom stereocenters. The number of methoxy groups -OCH3 is 1. The van der Waals surface area contributed by atoms with Crippen LogP contribution in [0.25, 0.3) is 0 Å². The lowest BCUT2D eigenvalue weighted by Crippen LogP contribution is -2.40. The first-order valence-corrected chi connectivity index (χ1v) is 9.45. The van der Waals surface area contributed by atoms with Crippen LogP contribution >= 0.6 is 0 Å². The smallest absolute Gasteiger partial charge is 0.269 e. The zero-order chi connectivity index (χ0) is 17.5. The summed E-state index contributed by atoms with van der Waals surface area (Å²) in [5.74, 6) is 1.32. The summed E-state index contributed by atoms with van der Waals surface area (Å²) in [5, 5.41) is 3.80. The van der Waals surface area contributed by atoms with Crippen LogP contribution in [0, 0.1) is 19.8 Å². The Balaban J connectivity index is 2.14. The lowest BCUT2D eigenvalue weighted by Gasteiger charge is -2.35. The molecule has 0 saturated carbocycles. The SMILES string of the molecule is CCC1Cc2cc(OC)ccc2N(S(=O)(=O)c2c(C)noc2C)C1. The van der Waals surface area contributed by atoms with Crippen LogP contribution in [-0.2, 0) is 16.4 Å². The molecule has 1 aliphatic rings. The summed E-state index contributed by atoms with van der Waals surface area (Å²) in [5.41, 5.74) is 2.09. The first-order chi connectivity index (χ1) is 11.4. The van der Waals surface area contributed by atoms with Crippen LogP contribution in [0.1, 0.15) is 30.4 Å². The van der Waals surface area contributed by atoms with Crippen LogP contribution in [0.4, 0.5) is 5.69 Å². The molecule has 0 bridgehead atoms. The van der Waals surface area contributed by atoms with Crippen LogP contribution in [-0.4, -0.2) is 27.2 Å². The average molecular weight is 350 g/mol. The van der Waals surface area contributed by atoms with Crippen LogP contribution in [0.15, 0.2) is 27.6 Å². The molecule has 7 heteroatoms. The second-order valence-electron chi connectivity index (χ2n) is 6.16. The van der Waals surface area contributed by atoms with Crippen molar-refractivity contribution in [3.05, 3.63) is 35.2 Å². The lowest BCUT2D eigenvalue weighted by molar-refractivity contribution is 0.390. The molecule has 0 spiro atoms. The molecule has 24 heavy (non-hydrogen) atoms. The molecule has 2 heterocycles. The number of ether oxygens (including phenoxy) is 1. The van der Waals surface area contributed by atoms with Crippen LogP contribution in [0.2, 0.25) is 0 Å². The first-order valence-electron chi connectivity index (χ1n) is 8.01. The summed E-state index contributed by atoms with van der Waals surface area (Å²) in [6.45, 7) is 5.82. The maximum Gasteiger partial charge on any atom is 0.269 e. The minimum absolute atomic E-state index is 0.168. The number of anilines is 1. The molecule has 1 unspecified atom stereocenters. The fourth-order valence-corrected chi connectivity index (χ4v) is 5.13. The molecule has 1 aromatic carbocycles. The molecule has 0 radical (unpaired) electrons. The quantitative estimate of drug-likeness (QED) is 0.847. The summed E-state index contributed by atoms with van der Waals surface area (Å²) < 4.78 is 38.4. The zero-order valence-electron chi connectivity index (χ0n) is 14.4. The molecule has 1 aromatic heterocycles. The fourth-order valence-electron chi connectivity index (χ4n) is 3.26. The van der Waals surface area contributed by atoms with Gasteiger partial charge in [0.15, 0.2) is 10.7 Å². The van der Waals surface area contributed by atoms with Gasteiger partial charge in [-0.25, -0.2) is 8.42 Å². The number of benzene rings is 1. The summed E-state index contributed by atoms with van der Waals surface area (Å²) in [4.78, 5) is 0.168. The Hall–Kier alpha value is -2.02. The highest BCUT2D eigenvalue weighted by Crippen LogP contribution is 2.38. The lowest BCUT2D eigenvalue weighted by atomic mass is 9.92. The van der Waals surface area contributed by atoms with E-state index < -0.39 is 10.0 Å². The van der Waals surface area contributed by atoms with E-state index in [9.17, 15) is 8.42 Å². The summed E-state index contributed by atoms with van der Waals surface area (Å²) in [6, 6.07) is 5.53. The Morgan fingerprint density at radius 1 is 1.38 bits per heavy atom. The van der Waals surface area contributed by atoms with Gasteiger partial charge in [0.05, 0.1) is 12.8 Å². The molecule has 0 saturated heterocycles. The fraction of sp³-hybridized carbons (Fsp3) is 0.471. The zero-order valence-corrected chi connectivity index (χ0v) is 15.2. The first kappa shape index (κ1) is 16.8. The molecule has 1 aliphatic heterocycles. The van der Waals surface area contributed by atoms with Gasteiger partial charge in [-0.05, 0) is 49.9 Å². The Labute approximate surface area is 142 Å². The highest BCUT2D eigenvalue weighted by Gasteiger charge is 2.36. The molecule has 0 aliphatic carbocycles. The van der Waals surface area contributed by atoms with Gasteiger partial charge in [0.1, 0.15) is 11.4 Å². The van der Waals surface area contributed by atoms with Gasteiger partial charge in [-0.3, -0.25) is 4.31 Å². The molecule has 0 N–H and O–H groups in total. The van der Waals surface area contributed by atoms with E-state index in [0.717, 1.165) is 24.2 Å². The third-order valence-electron chi connectivity index (χ3n) is 4.58. The third-order valence-corrected chi connectivity index (χ3v) is 6.61. The number of aromatic nitrogens is 1. The van der Waals surface area contributed by atoms with Crippen molar-refractivity contribution in [1.29, 1.82) is 0 Å². The Morgan fingerprint density at radius 3 is 2.71 bits per heavy atom. The van der Waals surface area contributed by atoms with Crippen molar-refractivity contribution in [2.75, 3.05) is 18.0 Å². The summed E-state index contributed by atoms with van der Waals surface area (Å²) >= 11 is 0. The highest BCUT2D eigenvalue weighted by molar-refractivity contribution is 7.93. The van der Waals surface area contributed by atoms with E-state index in [1.807, 2.05) is 12.1 Å². The van der Waals surface area contributed by atoms with E-state index in [0.29, 0.717) is 23.7 Å². The number of rotatable bonds is 4. The van der Waals surface area contributed by atoms with Crippen molar-refractivity contribution in [3.8, 4) is 5.75 Å². The molecule has 0 amide bonds. The molecule has 130 valence electrons. The number of hydrogen-bond acceptors (Lipinski definition) is 5. The topological polar surface area (TPSA) is 72.6 Å². The average Bonchev–Trinajstić information content (AvgIpc) is 2.92. The third kappa shape index (κ3) is 2.66. The van der Waals surface area contributed by atoms with Gasteiger partial charge in [0.25, 0.3) is 10.0 Å². The van der Waals surface area contributed by atoms with E-state index in [1.54, 1.807) is 27.0 Å². The van der Waals surface area contributed by atoms with Crippen molar-refractivity contribution >= 4 is 15.7 Å². The number of nitrogens with zero attached hydrogens (tertiary/aromatic N) is 2. The Bertz CT molecular complexity index is 838. The van der Waals surface area contributed by atoms with Gasteiger partial charge >= 0.3 is 0 Å². The van der Waals surface area contributed by atoms with Crippen molar-refractivity contribution in [1.82, 2.24) is 5.16 Å². The van der Waals surface area contributed by atoms with Crippen LogP contribution < -0.4 is 9.04 Å². The Morgan fingerprint density at radius 2 is 2.12 bits per heavy atom. The minimum Gasteiger partial charge on any atom is -0.497 e. The van der Waals surface area contributed by atoms with E-state index in [-0.39, 0.29) is 10.8 Å². The maximum atomic E-state index is 13.3. The summed E-state index contributed by atoms with van der Waals surface area (Å²) in [7, 11) is -2.11. The molecule has 6 nitrogen and oxygen atoms in total. The van der Waals surface area contributed by atoms with Crippen molar-refractivity contribution in [3.63, 3.8) is 0 Å². The van der Waals surface area contributed by atoms with Crippen molar-refractivity contribution in [2.45, 2.75) is 38.5 Å². The number of aryl methyl sites for hydroxylation is 2. The molecule has 2 aromatic rings. The van der Waals surface area contributed by atoms with Crippen molar-refractivity contribution in [2.24, 2.45) is 5.92 Å². The number of hydrogen-bond donors (Lipinski definition) is 0. The van der Waals surface area contributed by atoms with Gasteiger partial charge in [-0.1, -0.05) is 18.5 Å². The van der Waals surface area contributed by atoms with Crippen LogP contribution in [0.5, 0.6) is 5.75 Å². The minimum atomic E-state index is -3.72. The largest absolute Gasteiger partial charge is 0.497 e. The monoisotopic (exact) mass is 350 g/mol. The molecular weight excluding hydrogens is 328 g/mol. The molecule has 3 rings (SSSR count). The standard InChI is InChI=1S/C17H22N2O4S/c1-5-13-8-14-9-15(22-4)6-7-16(14)19(10-13)24(20,21)17-11(2)18-23-12(17)3/h6-7,9,13H,5,8,10H2,1-4H3. The molecular formula is C17H22N2O4S. The van der Waals surface area contributed by atoms with E-state index in [1.165, 1.54) is 4.31 Å². The summed E-state index contributed by atoms with van der Waals surface area (Å²) in [6.07, 6.45) is 1.75. The van der Waals surface area contributed by atoms with Gasteiger partial charge in [-0.2, -0.15) is 0 Å². The predicted molar refractivity (Wildman–Crippen MR) is 91.0 cm³/mol. The van der Waals surface area contributed by atoms with Crippen LogP contribution in [0.3, 0.4) is 0 Å². The van der Waals surface area contributed by atoms with Gasteiger partial charge in [-0.15, -0.1) is 0 Å². The maximum absolute atomic E-state index is 13.3. The van der Waals surface area contributed by atoms with Gasteiger partial charge in [0.2, 0.25) is 0 Å². The number of fused-ring (bicyclic) bond motifs is 1. The highest BCUT2D eigenvalue weighted by atomic mass is 32.2. The van der Waals surface area contributed by atoms with E-state index >= 15 is 0 Å². The van der Waals surface area contributed by atoms with Crippen molar-refractivity contribution < 1.29 is 17.7 Å². The Kier molecular flexibility index (Phi) is 4.29. The normalized spacial score (nSPS) is 17.7. The van der Waals surface area contributed by atoms with Gasteiger partial charge < -0.3 is 9.26 Å². The second-order valence-corrected chi connectivity index (χ2v) is 7.96. The van der Waals surface area contributed by atoms with E-state index in [2.05, 4.69) is 12.1 Å². The number of sulfonamides is 1. The van der Waals surface area contributed by atoms with Gasteiger partial charge in [0, 0.05) is 6.54 Å². The predicted octanol–water partition coefficient (Wildman–Crippen LogP) is 3.08. The van der Waals surface area contributed by atoms with E-state index in [4.69, 9.17) is 9.26 Å². The molecule has 0 fully saturated rings. The second kappa shape index (κ2) is 6.12.